The number of hydrogen-bond acceptors (Lipinski definition) is 6. The van der Waals surface area contributed by atoms with E-state index in [1.165, 1.54) is 17.7 Å². The molecule has 0 amide bonds. The summed E-state index contributed by atoms with van der Waals surface area (Å²) in [6, 6.07) is 4.87. The lowest BCUT2D eigenvalue weighted by Gasteiger charge is -2.14. The smallest absolute Gasteiger partial charge is 0.146 e. The van der Waals surface area contributed by atoms with Gasteiger partial charge in [-0.3, -0.25) is 4.90 Å². The lowest BCUT2D eigenvalue weighted by molar-refractivity contribution is 0.308. The molecule has 108 valence electrons. The largest absolute Gasteiger partial charge is 0.383 e. The molecule has 1 aliphatic rings. The second kappa shape index (κ2) is 5.05. The Kier molecular flexibility index (Phi) is 3.17. The predicted octanol–water partition coefficient (Wildman–Crippen LogP) is 3.60. The fourth-order valence-electron chi connectivity index (χ4n) is 2.57. The van der Waals surface area contributed by atoms with E-state index in [9.17, 15) is 0 Å². The molecular formula is C15H16N4S2. The molecule has 3 aromatic rings. The fourth-order valence-corrected chi connectivity index (χ4v) is 4.35. The average Bonchev–Trinajstić information content (AvgIpc) is 3.00. The summed E-state index contributed by atoms with van der Waals surface area (Å²) < 4.78 is 0. The summed E-state index contributed by atoms with van der Waals surface area (Å²) in [6.45, 7) is 0.775. The quantitative estimate of drug-likeness (QED) is 0.799. The zero-order valence-corrected chi connectivity index (χ0v) is 13.4. The Morgan fingerprint density at radius 1 is 1.33 bits per heavy atom. The molecule has 1 fully saturated rings. The maximum absolute atomic E-state index is 6.22. The molecule has 3 heterocycles. The summed E-state index contributed by atoms with van der Waals surface area (Å²) in [5.74, 6) is 1.43. The maximum atomic E-state index is 6.22. The molecule has 0 atom stereocenters. The topological polar surface area (TPSA) is 55.0 Å². The second-order valence-electron chi connectivity index (χ2n) is 5.48. The van der Waals surface area contributed by atoms with E-state index < -0.39 is 0 Å². The molecule has 0 bridgehead atoms. The number of rotatable bonds is 4. The van der Waals surface area contributed by atoms with Crippen LogP contribution in [0.25, 0.3) is 20.7 Å². The molecule has 0 spiro atoms. The molecule has 4 rings (SSSR count). The van der Waals surface area contributed by atoms with Gasteiger partial charge < -0.3 is 5.73 Å². The molecule has 0 unspecified atom stereocenters. The van der Waals surface area contributed by atoms with Crippen LogP contribution in [-0.4, -0.2) is 28.0 Å². The van der Waals surface area contributed by atoms with E-state index in [-0.39, 0.29) is 0 Å². The number of fused-ring (bicyclic) bond motifs is 1. The van der Waals surface area contributed by atoms with Crippen molar-refractivity contribution in [2.24, 2.45) is 0 Å². The van der Waals surface area contributed by atoms with Gasteiger partial charge in [0.15, 0.2) is 0 Å². The van der Waals surface area contributed by atoms with E-state index in [2.05, 4.69) is 39.8 Å². The molecule has 4 nitrogen and oxygen atoms in total. The third-order valence-electron chi connectivity index (χ3n) is 3.86. The van der Waals surface area contributed by atoms with Crippen LogP contribution in [0.4, 0.5) is 5.82 Å². The molecule has 1 saturated carbocycles. The van der Waals surface area contributed by atoms with Crippen LogP contribution < -0.4 is 5.73 Å². The molecule has 21 heavy (non-hydrogen) atoms. The summed E-state index contributed by atoms with van der Waals surface area (Å²) in [7, 11) is 2.13. The summed E-state index contributed by atoms with van der Waals surface area (Å²) in [5, 5.41) is 5.21. The average molecular weight is 316 g/mol. The van der Waals surface area contributed by atoms with Gasteiger partial charge in [0.25, 0.3) is 0 Å². The molecule has 0 aliphatic heterocycles. The number of thiophene rings is 2. The van der Waals surface area contributed by atoms with Crippen LogP contribution in [0.5, 0.6) is 0 Å². The van der Waals surface area contributed by atoms with Crippen molar-refractivity contribution in [2.45, 2.75) is 25.4 Å². The number of hydrogen-bond donors (Lipinski definition) is 1. The van der Waals surface area contributed by atoms with Gasteiger partial charge in [0.2, 0.25) is 0 Å². The third kappa shape index (κ3) is 2.43. The van der Waals surface area contributed by atoms with E-state index >= 15 is 0 Å². The zero-order chi connectivity index (χ0) is 14.4. The highest BCUT2D eigenvalue weighted by atomic mass is 32.1. The van der Waals surface area contributed by atoms with Crippen molar-refractivity contribution in [1.29, 1.82) is 0 Å². The molecule has 6 heteroatoms. The number of nitrogens with zero attached hydrogens (tertiary/aromatic N) is 3. The van der Waals surface area contributed by atoms with Crippen LogP contribution in [-0.2, 0) is 6.54 Å². The van der Waals surface area contributed by atoms with Crippen LogP contribution >= 0.6 is 22.7 Å². The molecule has 0 aromatic carbocycles. The van der Waals surface area contributed by atoms with Crippen LogP contribution in [0.1, 0.15) is 18.7 Å². The van der Waals surface area contributed by atoms with Gasteiger partial charge in [-0.2, -0.15) is 0 Å². The highest BCUT2D eigenvalue weighted by molar-refractivity contribution is 7.18. The van der Waals surface area contributed by atoms with Crippen LogP contribution in [0.3, 0.4) is 0 Å². The minimum absolute atomic E-state index is 0.601. The van der Waals surface area contributed by atoms with Gasteiger partial charge in [-0.25, -0.2) is 9.97 Å². The Labute approximate surface area is 131 Å². The Balaban J connectivity index is 1.74. The van der Waals surface area contributed by atoms with Crippen molar-refractivity contribution in [2.75, 3.05) is 12.8 Å². The van der Waals surface area contributed by atoms with E-state index in [0.29, 0.717) is 11.9 Å². The first-order chi connectivity index (χ1) is 10.2. The molecular weight excluding hydrogens is 300 g/mol. The van der Waals surface area contributed by atoms with Gasteiger partial charge in [-0.1, -0.05) is 6.07 Å². The lowest BCUT2D eigenvalue weighted by atomic mass is 10.2. The molecule has 2 N–H and O–H groups in total. The van der Waals surface area contributed by atoms with E-state index in [0.717, 1.165) is 28.1 Å². The van der Waals surface area contributed by atoms with Gasteiger partial charge in [0.1, 0.15) is 16.5 Å². The minimum atomic E-state index is 0.601. The summed E-state index contributed by atoms with van der Waals surface area (Å²) in [4.78, 5) is 13.8. The third-order valence-corrected chi connectivity index (χ3v) is 5.63. The first-order valence-electron chi connectivity index (χ1n) is 7.00. The maximum Gasteiger partial charge on any atom is 0.146 e. The van der Waals surface area contributed by atoms with Gasteiger partial charge >= 0.3 is 0 Å². The SMILES string of the molecule is CN(Cc1nc(N)c2c(-c3cccs3)csc2n1)C1CC1. The first kappa shape index (κ1) is 13.2. The summed E-state index contributed by atoms with van der Waals surface area (Å²) in [5.41, 5.74) is 7.37. The number of nitrogen functional groups attached to an aromatic ring is 1. The van der Waals surface area contributed by atoms with Gasteiger partial charge in [-0.05, 0) is 31.3 Å². The number of aromatic nitrogens is 2. The van der Waals surface area contributed by atoms with Crippen LogP contribution in [0, 0.1) is 0 Å². The van der Waals surface area contributed by atoms with Crippen molar-refractivity contribution in [3.05, 3.63) is 28.7 Å². The van der Waals surface area contributed by atoms with Gasteiger partial charge in [-0.15, -0.1) is 22.7 Å². The van der Waals surface area contributed by atoms with Crippen molar-refractivity contribution in [3.63, 3.8) is 0 Å². The summed E-state index contributed by atoms with van der Waals surface area (Å²) in [6.07, 6.45) is 2.57. The Morgan fingerprint density at radius 3 is 2.90 bits per heavy atom. The summed E-state index contributed by atoms with van der Waals surface area (Å²) >= 11 is 3.37. The number of anilines is 1. The van der Waals surface area contributed by atoms with Crippen molar-refractivity contribution >= 4 is 38.7 Å². The second-order valence-corrected chi connectivity index (χ2v) is 7.28. The molecule has 0 saturated heterocycles. The minimum Gasteiger partial charge on any atom is -0.383 e. The molecule has 3 aromatic heterocycles. The van der Waals surface area contributed by atoms with Crippen molar-refractivity contribution in [1.82, 2.24) is 14.9 Å². The van der Waals surface area contributed by atoms with Crippen LogP contribution in [0.2, 0.25) is 0 Å². The number of nitrogens with two attached hydrogens (primary N) is 1. The highest BCUT2D eigenvalue weighted by Gasteiger charge is 2.26. The van der Waals surface area contributed by atoms with E-state index in [4.69, 9.17) is 10.7 Å². The van der Waals surface area contributed by atoms with Crippen molar-refractivity contribution in [3.8, 4) is 10.4 Å². The standard InChI is InChI=1S/C15H16N4S2/c1-19(9-4-5-9)7-12-17-14(16)13-10(8-21-15(13)18-12)11-3-2-6-20-11/h2-3,6,8-9H,4-5,7H2,1H3,(H2,16,17,18). The van der Waals surface area contributed by atoms with Crippen LogP contribution in [0.15, 0.2) is 22.9 Å². The Hall–Kier alpha value is -1.50. The van der Waals surface area contributed by atoms with Gasteiger partial charge in [0, 0.05) is 21.9 Å². The van der Waals surface area contributed by atoms with E-state index in [1.54, 1.807) is 22.7 Å². The Morgan fingerprint density at radius 2 is 2.19 bits per heavy atom. The Bertz CT molecular complexity index is 774. The lowest BCUT2D eigenvalue weighted by Crippen LogP contribution is -2.21. The van der Waals surface area contributed by atoms with E-state index in [1.807, 2.05) is 0 Å². The molecule has 0 radical (unpaired) electrons. The zero-order valence-electron chi connectivity index (χ0n) is 11.7. The fraction of sp³-hybridized carbons (Fsp3) is 0.333. The highest BCUT2D eigenvalue weighted by Crippen LogP contribution is 2.38. The normalized spacial score (nSPS) is 15.1. The van der Waals surface area contributed by atoms with Crippen molar-refractivity contribution < 1.29 is 0 Å². The van der Waals surface area contributed by atoms with Gasteiger partial charge in [0.05, 0.1) is 11.9 Å². The molecule has 1 aliphatic carbocycles. The monoisotopic (exact) mass is 316 g/mol. The predicted molar refractivity (Wildman–Crippen MR) is 89.6 cm³/mol. The first-order valence-corrected chi connectivity index (χ1v) is 8.76.